The van der Waals surface area contributed by atoms with E-state index in [1.807, 2.05) is 12.1 Å². The van der Waals surface area contributed by atoms with E-state index >= 15 is 0 Å². The number of amidine groups is 1. The summed E-state index contributed by atoms with van der Waals surface area (Å²) in [5, 5.41) is 4.06. The molecule has 0 atom stereocenters. The molecule has 2 radical (unpaired) electrons. The van der Waals surface area contributed by atoms with Crippen molar-refractivity contribution in [3.8, 4) is 12.3 Å². The Balaban J connectivity index is 1.39. The second kappa shape index (κ2) is 21.8. The second-order valence-electron chi connectivity index (χ2n) is 34.7. The summed E-state index contributed by atoms with van der Waals surface area (Å²) in [6.45, 7) is 56.3. The Bertz CT molecular complexity index is 4740. The van der Waals surface area contributed by atoms with Crippen LogP contribution in [0.5, 0.6) is 0 Å². The molecule has 7 heterocycles. The molecule has 8 aromatic rings. The van der Waals surface area contributed by atoms with Gasteiger partial charge in [0, 0.05) is 0 Å². The van der Waals surface area contributed by atoms with E-state index in [0.717, 1.165) is 100 Å². The fourth-order valence-electron chi connectivity index (χ4n) is 13.0. The van der Waals surface area contributed by atoms with Crippen molar-refractivity contribution in [2.45, 2.75) is 209 Å². The van der Waals surface area contributed by atoms with Crippen molar-refractivity contribution in [2.24, 2.45) is 15.0 Å². The van der Waals surface area contributed by atoms with Crippen molar-refractivity contribution in [1.82, 2.24) is 10.6 Å². The maximum absolute atomic E-state index is 6.03. The third-order valence-electron chi connectivity index (χ3n) is 19.1. The number of aromatic nitrogens is 3. The molecular formula is C85H96N6Sn. The Kier molecular flexibility index (Phi) is 15.3. The number of terminal acetylenes is 1. The number of allylic oxidation sites excluding steroid dienone is 2. The van der Waals surface area contributed by atoms with Crippen LogP contribution in [-0.2, 0) is 43.3 Å². The molecule has 0 spiro atoms. The van der Waals surface area contributed by atoms with Gasteiger partial charge in [-0.25, -0.2) is 0 Å². The number of rotatable bonds is 5. The van der Waals surface area contributed by atoms with Crippen LogP contribution in [0.1, 0.15) is 261 Å². The fourth-order valence-corrected chi connectivity index (χ4v) is 16.9. The van der Waals surface area contributed by atoms with E-state index in [-0.39, 0.29) is 43.3 Å². The summed E-state index contributed by atoms with van der Waals surface area (Å²) < 4.78 is 5.59. The molecule has 0 fully saturated rings. The van der Waals surface area contributed by atoms with Gasteiger partial charge in [-0.2, -0.15) is 0 Å². The molecule has 6 bridgehead atoms. The van der Waals surface area contributed by atoms with Gasteiger partial charge < -0.3 is 0 Å². The molecule has 0 saturated heterocycles. The van der Waals surface area contributed by atoms with Crippen LogP contribution >= 0.6 is 0 Å². The molecule has 0 saturated carbocycles. The van der Waals surface area contributed by atoms with Crippen LogP contribution in [0.4, 0.5) is 5.69 Å². The predicted octanol–water partition coefficient (Wildman–Crippen LogP) is 17.4. The average molecular weight is 1320 g/mol. The van der Waals surface area contributed by atoms with Gasteiger partial charge in [-0.05, 0) is 0 Å². The molecule has 4 aliphatic rings. The summed E-state index contributed by atoms with van der Waals surface area (Å²) in [4.78, 5) is 21.9. The number of hydrogen-bond donors (Lipinski definition) is 1. The Morgan fingerprint density at radius 1 is 0.370 bits per heavy atom. The molecule has 7 heteroatoms. The first-order valence-corrected chi connectivity index (χ1v) is 35.8. The fraction of sp³-hybridized carbons (Fsp3) is 0.376. The monoisotopic (exact) mass is 1320 g/mol. The number of H-pyrrole nitrogens is 1. The summed E-state index contributed by atoms with van der Waals surface area (Å²) >= 11 is -2.21. The zero-order valence-corrected chi connectivity index (χ0v) is 62.4. The van der Waals surface area contributed by atoms with Crippen molar-refractivity contribution in [1.29, 1.82) is 0 Å². The zero-order chi connectivity index (χ0) is 66.7. The van der Waals surface area contributed by atoms with Gasteiger partial charge in [0.2, 0.25) is 0 Å². The Morgan fingerprint density at radius 2 is 0.739 bits per heavy atom. The molecule has 1 N–H and O–H groups in total. The maximum atomic E-state index is 6.03. The van der Waals surface area contributed by atoms with Gasteiger partial charge in [0.1, 0.15) is 0 Å². The van der Waals surface area contributed by atoms with Gasteiger partial charge in [0.15, 0.2) is 0 Å². The molecule has 470 valence electrons. The topological polar surface area (TPSA) is 62.7 Å². The molecule has 0 amide bonds. The molecule has 0 unspecified atom stereocenters. The van der Waals surface area contributed by atoms with Gasteiger partial charge in [0.05, 0.1) is 0 Å². The molecule has 12 rings (SSSR count). The molecule has 92 heavy (non-hydrogen) atoms. The zero-order valence-electron chi connectivity index (χ0n) is 59.5. The Hall–Kier alpha value is -7.47. The van der Waals surface area contributed by atoms with Crippen LogP contribution in [0.3, 0.4) is 0 Å². The molecular weight excluding hydrogens is 1220 g/mol. The number of hydrogen-bond acceptors (Lipinski definition) is 3. The minimum atomic E-state index is -2.21. The second-order valence-corrected chi connectivity index (χ2v) is 37.9. The quantitative estimate of drug-likeness (QED) is 0.132. The first-order chi connectivity index (χ1) is 42.6. The van der Waals surface area contributed by atoms with Crippen molar-refractivity contribution < 1.29 is 0 Å². The Morgan fingerprint density at radius 3 is 1.14 bits per heavy atom. The van der Waals surface area contributed by atoms with Crippen LogP contribution in [0.15, 0.2) is 154 Å². The van der Waals surface area contributed by atoms with E-state index in [2.05, 4.69) is 304 Å². The van der Waals surface area contributed by atoms with E-state index in [1.54, 1.807) is 0 Å². The third-order valence-corrected chi connectivity index (χ3v) is 23.0. The number of nitrogens with one attached hydrogen (secondary N) is 1. The van der Waals surface area contributed by atoms with Gasteiger partial charge in [-0.3, -0.25) is 0 Å². The molecule has 0 aliphatic carbocycles. The van der Waals surface area contributed by atoms with Crippen molar-refractivity contribution in [2.75, 3.05) is 0 Å². The summed E-state index contributed by atoms with van der Waals surface area (Å²) in [6, 6.07) is 47.5. The van der Waals surface area contributed by atoms with Crippen molar-refractivity contribution >= 4 is 61.2 Å². The minimum absolute atomic E-state index is 0.136. The van der Waals surface area contributed by atoms with Crippen LogP contribution in [0.2, 0.25) is 0 Å². The summed E-state index contributed by atoms with van der Waals surface area (Å²) in [7, 11) is 0. The van der Waals surface area contributed by atoms with E-state index in [4.69, 9.17) is 21.4 Å². The number of fused-ring (bicyclic) bond motifs is 6. The van der Waals surface area contributed by atoms with Crippen LogP contribution in [0.25, 0.3) is 22.3 Å². The first kappa shape index (κ1) is 64.6. The molecule has 5 aromatic carbocycles. The van der Waals surface area contributed by atoms with E-state index in [0.29, 0.717) is 5.84 Å². The van der Waals surface area contributed by atoms with Crippen molar-refractivity contribution in [3.05, 3.63) is 256 Å². The first-order valence-electron chi connectivity index (χ1n) is 33.2. The molecule has 6 nitrogen and oxygen atoms in total. The number of aliphatic imine (C=N–C) groups is 2. The number of benzene rings is 5. The third kappa shape index (κ3) is 11.8. The van der Waals surface area contributed by atoms with Crippen LogP contribution < -0.4 is 21.4 Å². The summed E-state index contributed by atoms with van der Waals surface area (Å²) in [5.74, 6) is 3.50. The van der Waals surface area contributed by atoms with E-state index < -0.39 is 21.7 Å². The summed E-state index contributed by atoms with van der Waals surface area (Å²) in [5.41, 5.74) is 25.8. The molecule has 4 aliphatic heterocycles. The Labute approximate surface area is 560 Å². The van der Waals surface area contributed by atoms with E-state index in [9.17, 15) is 0 Å². The van der Waals surface area contributed by atoms with Gasteiger partial charge >= 0.3 is 558 Å². The summed E-state index contributed by atoms with van der Waals surface area (Å²) in [6.07, 6.45) is 10.6. The van der Waals surface area contributed by atoms with E-state index in [1.165, 1.54) is 55.6 Å². The number of nitrogens with zero attached hydrogens (tertiary/aromatic N) is 5. The van der Waals surface area contributed by atoms with Crippen LogP contribution in [-0.4, -0.2) is 43.8 Å². The number of aromatic amines is 1. The van der Waals surface area contributed by atoms with Crippen LogP contribution in [0, 0.1) is 12.3 Å². The standard InChI is InChI=1S/C85H96N6.Sn/c1-26-49-27-29-50(30-28-49)77-90-75-73-71(53-41-59(82(14,15)16)47-60(42-53)83(17,18)19)67-35-33-65(87-67)69(51-37-55(78(2,3)4)45-56(38-51)79(5,6)7)63-31-32-64(86-63)70(52-39-57(80(8,9)10)46-58(40-52)81(11,12)13)66-34-36-68(88-66)72(74(89-73)76(75)91-77)54-43-61(84(20,21)22)48-62(44-54)85(23,24)25;/h1,27-48,89H,2-25H3;/q-2;+2. The molecule has 3 aromatic heterocycles. The SMILES string of the molecule is C#Cc1ccc(C2=Nc3c4[nH]c(c3=N2)=C(c2cc(C(C)(C)C)cc(C(C)(C)C)c2)c2ccc3[n]2[Sn][n]2c(ccc2=C4c2cc(C(C)(C)C)cc(C(C)(C)C)c2)=C(c2cc(C(C)(C)C)cc(C(C)(C)C)c2)C2=NC(=C3c3cc(C(C)(C)C)cc(C(C)(C)C)c3)C=C2)cc1. The normalized spacial score (nSPS) is 15.4. The predicted molar refractivity (Wildman–Crippen MR) is 391 cm³/mol. The average Bonchev–Trinajstić information content (AvgIpc) is 1.54. The van der Waals surface area contributed by atoms with Gasteiger partial charge in [-0.1, -0.05) is 0 Å². The van der Waals surface area contributed by atoms with Crippen molar-refractivity contribution in [3.63, 3.8) is 0 Å². The van der Waals surface area contributed by atoms with Gasteiger partial charge in [-0.15, -0.1) is 6.42 Å². The van der Waals surface area contributed by atoms with Gasteiger partial charge in [0.25, 0.3) is 0 Å².